The third-order valence-corrected chi connectivity index (χ3v) is 4.59. The van der Waals surface area contributed by atoms with E-state index in [1.807, 2.05) is 12.2 Å². The Kier molecular flexibility index (Phi) is 5.30. The predicted molar refractivity (Wildman–Crippen MR) is 100 cm³/mol. The van der Waals surface area contributed by atoms with Crippen molar-refractivity contribution in [2.45, 2.75) is 38.2 Å². The van der Waals surface area contributed by atoms with Crippen LogP contribution < -0.4 is 0 Å². The highest BCUT2D eigenvalue weighted by Gasteiger charge is 2.27. The topological polar surface area (TPSA) is 57.2 Å². The Balaban J connectivity index is 1.38. The van der Waals surface area contributed by atoms with Crippen LogP contribution in [0.25, 0.3) is 0 Å². The fourth-order valence-corrected chi connectivity index (χ4v) is 3.15. The first-order valence-corrected chi connectivity index (χ1v) is 9.14. The highest BCUT2D eigenvalue weighted by atomic mass is 16.6. The van der Waals surface area contributed by atoms with Crippen molar-refractivity contribution in [3.05, 3.63) is 95.7 Å². The fraction of sp³-hybridized carbons (Fsp3) is 0.273. The lowest BCUT2D eigenvalue weighted by molar-refractivity contribution is 0.0785. The van der Waals surface area contributed by atoms with E-state index < -0.39 is 6.10 Å². The minimum absolute atomic E-state index is 0.263. The Labute approximate surface area is 158 Å². The lowest BCUT2D eigenvalue weighted by atomic mass is 10.0. The molecule has 4 aliphatic rings. The number of hydrogen-bond donors (Lipinski definition) is 1. The van der Waals surface area contributed by atoms with Gasteiger partial charge in [0.1, 0.15) is 30.8 Å². The van der Waals surface area contributed by atoms with Gasteiger partial charge in [-0.15, -0.1) is 0 Å². The number of aliphatic hydroxyl groups is 1. The van der Waals surface area contributed by atoms with Gasteiger partial charge in [0.15, 0.2) is 23.4 Å². The standard InChI is InChI=1S/C22H22O5/c23-22(21-15-25-13-19(27-21)17-9-5-2-6-10-17)20-14-24-12-18(26-20)11-16-7-3-1-4-8-16/h1-3,5,7,9,12-15,22-23H,4,6,8,10-11H2. The first-order chi connectivity index (χ1) is 13.3. The number of ether oxygens (including phenoxy) is 4. The zero-order valence-electron chi connectivity index (χ0n) is 15.0. The molecule has 2 aliphatic carbocycles. The van der Waals surface area contributed by atoms with E-state index in [1.165, 1.54) is 18.1 Å². The smallest absolute Gasteiger partial charge is 0.176 e. The van der Waals surface area contributed by atoms with Crippen molar-refractivity contribution in [3.63, 3.8) is 0 Å². The molecule has 5 heteroatoms. The summed E-state index contributed by atoms with van der Waals surface area (Å²) in [5.41, 5.74) is 2.30. The van der Waals surface area contributed by atoms with Crippen molar-refractivity contribution in [1.82, 2.24) is 0 Å². The van der Waals surface area contributed by atoms with E-state index in [2.05, 4.69) is 24.3 Å². The lowest BCUT2D eigenvalue weighted by Crippen LogP contribution is -2.21. The second-order valence-corrected chi connectivity index (χ2v) is 6.61. The highest BCUT2D eigenvalue weighted by Crippen LogP contribution is 2.31. The van der Waals surface area contributed by atoms with Crippen LogP contribution in [0.3, 0.4) is 0 Å². The van der Waals surface area contributed by atoms with E-state index in [0.29, 0.717) is 17.9 Å². The summed E-state index contributed by atoms with van der Waals surface area (Å²) < 4.78 is 22.5. The summed E-state index contributed by atoms with van der Waals surface area (Å²) in [4.78, 5) is 0. The normalized spacial score (nSPS) is 22.4. The molecule has 140 valence electrons. The van der Waals surface area contributed by atoms with Crippen LogP contribution in [-0.4, -0.2) is 11.2 Å². The average Bonchev–Trinajstić information content (AvgIpc) is 2.75. The Hall–Kier alpha value is -2.92. The number of rotatable bonds is 5. The molecule has 0 spiro atoms. The summed E-state index contributed by atoms with van der Waals surface area (Å²) in [5.74, 6) is 1.79. The summed E-state index contributed by atoms with van der Waals surface area (Å²) in [7, 11) is 0. The van der Waals surface area contributed by atoms with Gasteiger partial charge in [-0.2, -0.15) is 0 Å². The fourth-order valence-electron chi connectivity index (χ4n) is 3.15. The van der Waals surface area contributed by atoms with E-state index in [4.69, 9.17) is 18.9 Å². The van der Waals surface area contributed by atoms with Gasteiger partial charge in [0.05, 0.1) is 0 Å². The Morgan fingerprint density at radius 1 is 0.852 bits per heavy atom. The highest BCUT2D eigenvalue weighted by molar-refractivity contribution is 5.34. The van der Waals surface area contributed by atoms with Crippen LogP contribution in [0.1, 0.15) is 32.1 Å². The molecule has 2 aliphatic heterocycles. The first-order valence-electron chi connectivity index (χ1n) is 9.14. The molecule has 0 fully saturated rings. The lowest BCUT2D eigenvalue weighted by Gasteiger charge is -2.25. The molecule has 5 nitrogen and oxygen atoms in total. The van der Waals surface area contributed by atoms with E-state index in [0.717, 1.165) is 31.3 Å². The first kappa shape index (κ1) is 17.5. The Morgan fingerprint density at radius 2 is 1.59 bits per heavy atom. The van der Waals surface area contributed by atoms with Crippen LogP contribution in [0.2, 0.25) is 0 Å². The van der Waals surface area contributed by atoms with Crippen molar-refractivity contribution in [1.29, 1.82) is 0 Å². The molecule has 0 aromatic rings. The minimum atomic E-state index is -1.11. The monoisotopic (exact) mass is 366 g/mol. The quantitative estimate of drug-likeness (QED) is 0.761. The third kappa shape index (κ3) is 4.26. The summed E-state index contributed by atoms with van der Waals surface area (Å²) >= 11 is 0. The molecule has 0 saturated carbocycles. The molecule has 1 N–H and O–H groups in total. The molecule has 0 aromatic heterocycles. The van der Waals surface area contributed by atoms with Crippen LogP contribution in [0.15, 0.2) is 95.7 Å². The van der Waals surface area contributed by atoms with Gasteiger partial charge in [-0.25, -0.2) is 0 Å². The van der Waals surface area contributed by atoms with Gasteiger partial charge < -0.3 is 24.1 Å². The number of hydrogen-bond acceptors (Lipinski definition) is 5. The molecule has 0 saturated heterocycles. The SMILES string of the molecule is OC(C1=COC=C(CC2=CC=CCC2)O1)C1=COC=C(C2=CC=CCC2)O1. The van der Waals surface area contributed by atoms with Crippen molar-refractivity contribution in [2.24, 2.45) is 0 Å². The van der Waals surface area contributed by atoms with Crippen LogP contribution in [0.4, 0.5) is 0 Å². The number of aliphatic hydroxyl groups excluding tert-OH is 1. The van der Waals surface area contributed by atoms with Gasteiger partial charge >= 0.3 is 0 Å². The molecule has 4 rings (SSSR count). The van der Waals surface area contributed by atoms with Gasteiger partial charge in [-0.1, -0.05) is 42.0 Å². The van der Waals surface area contributed by atoms with Crippen molar-refractivity contribution >= 4 is 0 Å². The van der Waals surface area contributed by atoms with Gasteiger partial charge in [-0.3, -0.25) is 0 Å². The van der Waals surface area contributed by atoms with E-state index in [1.54, 1.807) is 12.5 Å². The molecule has 0 amide bonds. The summed E-state index contributed by atoms with van der Waals surface area (Å²) in [6.45, 7) is 0. The molecule has 2 heterocycles. The van der Waals surface area contributed by atoms with Crippen LogP contribution in [0.5, 0.6) is 0 Å². The second-order valence-electron chi connectivity index (χ2n) is 6.61. The van der Waals surface area contributed by atoms with E-state index >= 15 is 0 Å². The Bertz CT molecular complexity index is 833. The zero-order chi connectivity index (χ0) is 18.5. The second kappa shape index (κ2) is 8.18. The number of allylic oxidation sites excluding steroid dienone is 8. The van der Waals surface area contributed by atoms with Gasteiger partial charge in [0.2, 0.25) is 0 Å². The molecule has 1 atom stereocenters. The summed E-state index contributed by atoms with van der Waals surface area (Å²) in [6, 6.07) is 0. The van der Waals surface area contributed by atoms with Crippen LogP contribution in [-0.2, 0) is 18.9 Å². The van der Waals surface area contributed by atoms with Crippen molar-refractivity contribution < 1.29 is 24.1 Å². The predicted octanol–water partition coefficient (Wildman–Crippen LogP) is 4.75. The van der Waals surface area contributed by atoms with Gasteiger partial charge in [-0.05, 0) is 31.3 Å². The molecule has 27 heavy (non-hydrogen) atoms. The summed E-state index contributed by atoms with van der Waals surface area (Å²) in [5, 5.41) is 10.7. The Morgan fingerprint density at radius 3 is 2.33 bits per heavy atom. The summed E-state index contributed by atoms with van der Waals surface area (Å²) in [6.07, 6.45) is 21.6. The maximum atomic E-state index is 10.7. The molecular formula is C22H22O5. The largest absolute Gasteiger partial charge is 0.465 e. The van der Waals surface area contributed by atoms with Crippen LogP contribution in [0, 0.1) is 0 Å². The van der Waals surface area contributed by atoms with Gasteiger partial charge in [0.25, 0.3) is 0 Å². The van der Waals surface area contributed by atoms with Gasteiger partial charge in [0, 0.05) is 6.42 Å². The molecule has 0 aromatic carbocycles. The average molecular weight is 366 g/mol. The molecule has 1 unspecified atom stereocenters. The minimum Gasteiger partial charge on any atom is -0.465 e. The van der Waals surface area contributed by atoms with E-state index in [9.17, 15) is 5.11 Å². The van der Waals surface area contributed by atoms with E-state index in [-0.39, 0.29) is 11.5 Å². The third-order valence-electron chi connectivity index (χ3n) is 4.59. The zero-order valence-corrected chi connectivity index (χ0v) is 15.0. The van der Waals surface area contributed by atoms with Crippen molar-refractivity contribution in [3.8, 4) is 0 Å². The van der Waals surface area contributed by atoms with Crippen molar-refractivity contribution in [2.75, 3.05) is 0 Å². The molecular weight excluding hydrogens is 344 g/mol. The molecule has 0 bridgehead atoms. The maximum Gasteiger partial charge on any atom is 0.176 e. The van der Waals surface area contributed by atoms with Crippen LogP contribution >= 0.6 is 0 Å². The molecule has 0 radical (unpaired) electrons. The maximum absolute atomic E-state index is 10.7.